The van der Waals surface area contributed by atoms with Crippen molar-refractivity contribution in [1.82, 2.24) is 9.55 Å². The van der Waals surface area contributed by atoms with Crippen LogP contribution in [0.15, 0.2) is 18.2 Å². The van der Waals surface area contributed by atoms with Gasteiger partial charge >= 0.3 is 0 Å². The fourth-order valence-electron chi connectivity index (χ4n) is 2.39. The molecule has 0 aliphatic heterocycles. The van der Waals surface area contributed by atoms with Crippen molar-refractivity contribution in [2.45, 2.75) is 39.2 Å². The van der Waals surface area contributed by atoms with E-state index in [4.69, 9.17) is 5.73 Å². The lowest BCUT2D eigenvalue weighted by Crippen LogP contribution is -2.08. The quantitative estimate of drug-likeness (QED) is 0.885. The van der Waals surface area contributed by atoms with Gasteiger partial charge in [-0.25, -0.2) is 9.37 Å². The van der Waals surface area contributed by atoms with E-state index in [0.717, 1.165) is 30.7 Å². The summed E-state index contributed by atoms with van der Waals surface area (Å²) in [5, 5.41) is 0. The van der Waals surface area contributed by atoms with Crippen LogP contribution in [-0.4, -0.2) is 16.1 Å². The van der Waals surface area contributed by atoms with E-state index < -0.39 is 0 Å². The van der Waals surface area contributed by atoms with Gasteiger partial charge < -0.3 is 10.3 Å². The first kappa shape index (κ1) is 13.0. The predicted octanol–water partition coefficient (Wildman–Crippen LogP) is 3.04. The second kappa shape index (κ2) is 5.48. The van der Waals surface area contributed by atoms with Gasteiger partial charge in [0.1, 0.15) is 11.3 Å². The zero-order chi connectivity index (χ0) is 13.1. The van der Waals surface area contributed by atoms with Gasteiger partial charge in [0.15, 0.2) is 5.82 Å². The number of benzene rings is 1. The summed E-state index contributed by atoms with van der Waals surface area (Å²) in [6.45, 7) is 5.68. The van der Waals surface area contributed by atoms with Gasteiger partial charge in [0.25, 0.3) is 0 Å². The zero-order valence-electron chi connectivity index (χ0n) is 11.0. The van der Waals surface area contributed by atoms with Crippen molar-refractivity contribution in [1.29, 1.82) is 0 Å². The molecule has 1 unspecified atom stereocenters. The van der Waals surface area contributed by atoms with Crippen LogP contribution < -0.4 is 5.73 Å². The SMILES string of the molecule is CCn1c(C(C)CCCN)nc2c(F)cccc21. The van der Waals surface area contributed by atoms with Gasteiger partial charge in [0.2, 0.25) is 0 Å². The fourth-order valence-corrected chi connectivity index (χ4v) is 2.39. The van der Waals surface area contributed by atoms with Crippen molar-refractivity contribution >= 4 is 11.0 Å². The molecule has 1 aromatic heterocycles. The average molecular weight is 249 g/mol. The number of rotatable bonds is 5. The van der Waals surface area contributed by atoms with E-state index in [0.29, 0.717) is 18.0 Å². The van der Waals surface area contributed by atoms with Gasteiger partial charge in [0.05, 0.1) is 5.52 Å². The Morgan fingerprint density at radius 1 is 1.44 bits per heavy atom. The highest BCUT2D eigenvalue weighted by atomic mass is 19.1. The molecule has 0 amide bonds. The van der Waals surface area contributed by atoms with Gasteiger partial charge in [-0.15, -0.1) is 0 Å². The van der Waals surface area contributed by atoms with E-state index in [1.807, 2.05) is 6.07 Å². The fraction of sp³-hybridized carbons (Fsp3) is 0.500. The number of aryl methyl sites for hydroxylation is 1. The molecule has 0 bridgehead atoms. The lowest BCUT2D eigenvalue weighted by molar-refractivity contribution is 0.574. The third kappa shape index (κ3) is 2.25. The molecular weight excluding hydrogens is 229 g/mol. The number of nitrogens with zero attached hydrogens (tertiary/aromatic N) is 2. The molecule has 3 nitrogen and oxygen atoms in total. The van der Waals surface area contributed by atoms with Crippen LogP contribution in [0, 0.1) is 5.82 Å². The third-order valence-corrected chi connectivity index (χ3v) is 3.36. The third-order valence-electron chi connectivity index (χ3n) is 3.36. The van der Waals surface area contributed by atoms with Crippen LogP contribution in [-0.2, 0) is 6.54 Å². The first-order valence-corrected chi connectivity index (χ1v) is 6.53. The maximum Gasteiger partial charge on any atom is 0.151 e. The van der Waals surface area contributed by atoms with Crippen LogP contribution in [0.1, 0.15) is 38.4 Å². The molecule has 0 saturated heterocycles. The van der Waals surface area contributed by atoms with E-state index in [1.165, 1.54) is 6.07 Å². The lowest BCUT2D eigenvalue weighted by atomic mass is 10.1. The number of fused-ring (bicyclic) bond motifs is 1. The van der Waals surface area contributed by atoms with Crippen molar-refractivity contribution < 1.29 is 4.39 Å². The standard InChI is InChI=1S/C14H20FN3/c1-3-18-12-8-4-7-11(15)13(12)17-14(18)10(2)6-5-9-16/h4,7-8,10H,3,5-6,9,16H2,1-2H3. The highest BCUT2D eigenvalue weighted by Crippen LogP contribution is 2.26. The first-order valence-electron chi connectivity index (χ1n) is 6.53. The van der Waals surface area contributed by atoms with E-state index in [-0.39, 0.29) is 5.82 Å². The van der Waals surface area contributed by atoms with E-state index in [9.17, 15) is 4.39 Å². The van der Waals surface area contributed by atoms with Crippen LogP contribution in [0.25, 0.3) is 11.0 Å². The summed E-state index contributed by atoms with van der Waals surface area (Å²) in [4.78, 5) is 4.48. The molecule has 98 valence electrons. The Morgan fingerprint density at radius 2 is 2.22 bits per heavy atom. The van der Waals surface area contributed by atoms with Gasteiger partial charge in [-0.1, -0.05) is 13.0 Å². The van der Waals surface area contributed by atoms with E-state index in [1.54, 1.807) is 6.07 Å². The number of hydrogen-bond donors (Lipinski definition) is 1. The van der Waals surface area contributed by atoms with Crippen molar-refractivity contribution in [3.05, 3.63) is 29.8 Å². The number of imidazole rings is 1. The van der Waals surface area contributed by atoms with Gasteiger partial charge in [0, 0.05) is 12.5 Å². The summed E-state index contributed by atoms with van der Waals surface area (Å²) in [6, 6.07) is 5.12. The maximum atomic E-state index is 13.7. The molecule has 0 spiro atoms. The molecule has 2 rings (SSSR count). The number of para-hydroxylation sites is 1. The second-order valence-corrected chi connectivity index (χ2v) is 4.65. The summed E-state index contributed by atoms with van der Waals surface area (Å²) in [5.41, 5.74) is 6.90. The number of aromatic nitrogens is 2. The normalized spacial score (nSPS) is 13.1. The van der Waals surface area contributed by atoms with Crippen LogP contribution >= 0.6 is 0 Å². The minimum absolute atomic E-state index is 0.244. The van der Waals surface area contributed by atoms with Crippen molar-refractivity contribution in [2.75, 3.05) is 6.54 Å². The summed E-state index contributed by atoms with van der Waals surface area (Å²) in [5.74, 6) is 1.03. The molecule has 0 fully saturated rings. The average Bonchev–Trinajstić information content (AvgIpc) is 2.76. The Hall–Kier alpha value is -1.42. The molecule has 1 aromatic carbocycles. The second-order valence-electron chi connectivity index (χ2n) is 4.65. The molecule has 1 atom stereocenters. The molecule has 2 N–H and O–H groups in total. The Morgan fingerprint density at radius 3 is 2.89 bits per heavy atom. The number of nitrogens with two attached hydrogens (primary N) is 1. The molecule has 4 heteroatoms. The van der Waals surface area contributed by atoms with Gasteiger partial charge in [-0.05, 0) is 38.4 Å². The first-order chi connectivity index (χ1) is 8.69. The minimum atomic E-state index is -0.244. The largest absolute Gasteiger partial charge is 0.330 e. The summed E-state index contributed by atoms with van der Waals surface area (Å²) in [6.07, 6.45) is 1.96. The minimum Gasteiger partial charge on any atom is -0.330 e. The van der Waals surface area contributed by atoms with Crippen LogP contribution in [0.5, 0.6) is 0 Å². The van der Waals surface area contributed by atoms with Crippen LogP contribution in [0.4, 0.5) is 4.39 Å². The Balaban J connectivity index is 2.46. The topological polar surface area (TPSA) is 43.8 Å². The van der Waals surface area contributed by atoms with Crippen molar-refractivity contribution in [3.8, 4) is 0 Å². The Labute approximate surface area is 107 Å². The summed E-state index contributed by atoms with van der Waals surface area (Å²) < 4.78 is 15.8. The number of hydrogen-bond acceptors (Lipinski definition) is 2. The van der Waals surface area contributed by atoms with Gasteiger partial charge in [-0.3, -0.25) is 0 Å². The molecule has 0 aliphatic rings. The zero-order valence-corrected chi connectivity index (χ0v) is 11.0. The van der Waals surface area contributed by atoms with Crippen molar-refractivity contribution in [2.24, 2.45) is 5.73 Å². The Bertz CT molecular complexity index is 533. The predicted molar refractivity (Wildman–Crippen MR) is 72.1 cm³/mol. The molecule has 1 heterocycles. The van der Waals surface area contributed by atoms with Crippen LogP contribution in [0.3, 0.4) is 0 Å². The molecule has 0 aliphatic carbocycles. The molecule has 0 saturated carbocycles. The van der Waals surface area contributed by atoms with Gasteiger partial charge in [-0.2, -0.15) is 0 Å². The monoisotopic (exact) mass is 249 g/mol. The Kier molecular flexibility index (Phi) is 3.97. The summed E-state index contributed by atoms with van der Waals surface area (Å²) in [7, 11) is 0. The highest BCUT2D eigenvalue weighted by molar-refractivity contribution is 5.76. The molecule has 18 heavy (non-hydrogen) atoms. The molecule has 0 radical (unpaired) electrons. The smallest absolute Gasteiger partial charge is 0.151 e. The summed E-state index contributed by atoms with van der Waals surface area (Å²) >= 11 is 0. The maximum absolute atomic E-state index is 13.7. The molecular formula is C14H20FN3. The van der Waals surface area contributed by atoms with Crippen LogP contribution in [0.2, 0.25) is 0 Å². The lowest BCUT2D eigenvalue weighted by Gasteiger charge is -2.12. The van der Waals surface area contributed by atoms with E-state index >= 15 is 0 Å². The van der Waals surface area contributed by atoms with Crippen molar-refractivity contribution in [3.63, 3.8) is 0 Å². The molecule has 2 aromatic rings. The number of halogens is 1. The van der Waals surface area contributed by atoms with E-state index in [2.05, 4.69) is 23.4 Å². The highest BCUT2D eigenvalue weighted by Gasteiger charge is 2.17.